The van der Waals surface area contributed by atoms with E-state index < -0.39 is 17.3 Å². The fourth-order valence-electron chi connectivity index (χ4n) is 4.55. The first kappa shape index (κ1) is 34.5. The number of carbonyl (C=O) groups excluding carboxylic acids is 1. The maximum atomic E-state index is 12.8. The molecule has 0 radical (unpaired) electrons. The Labute approximate surface area is 233 Å². The number of benzene rings is 1. The highest BCUT2D eigenvalue weighted by molar-refractivity contribution is 5.72. The van der Waals surface area contributed by atoms with Crippen LogP contribution in [0.25, 0.3) is 0 Å². The zero-order chi connectivity index (χ0) is 29.3. The van der Waals surface area contributed by atoms with E-state index in [0.29, 0.717) is 11.5 Å². The lowest BCUT2D eigenvalue weighted by molar-refractivity contribution is -0.150. The van der Waals surface area contributed by atoms with Crippen LogP contribution in [0, 0.1) is 5.92 Å². The second-order valence-corrected chi connectivity index (χ2v) is 10.2. The molecule has 220 valence electrons. The molecule has 2 atom stereocenters. The van der Waals surface area contributed by atoms with E-state index in [1.54, 1.807) is 24.3 Å². The summed E-state index contributed by atoms with van der Waals surface area (Å²) < 4.78 is 45.1. The number of alkyl halides is 3. The van der Waals surface area contributed by atoms with Crippen molar-refractivity contribution in [1.82, 2.24) is 4.57 Å². The number of hydrogen-bond donors (Lipinski definition) is 0. The van der Waals surface area contributed by atoms with Crippen LogP contribution < -0.4 is 5.56 Å². The van der Waals surface area contributed by atoms with E-state index in [1.807, 2.05) is 13.8 Å². The summed E-state index contributed by atoms with van der Waals surface area (Å²) in [6.07, 6.45) is 9.24. The van der Waals surface area contributed by atoms with Gasteiger partial charge in [0, 0.05) is 12.3 Å². The highest BCUT2D eigenvalue weighted by Gasteiger charge is 2.31. The van der Waals surface area contributed by atoms with Crippen LogP contribution in [0.15, 0.2) is 47.4 Å². The minimum Gasteiger partial charge on any atom is -0.462 e. The molecule has 2 aliphatic rings. The lowest BCUT2D eigenvalue weighted by atomic mass is 9.89. The normalized spacial score (nSPS) is 18.4. The Morgan fingerprint density at radius 1 is 0.897 bits per heavy atom. The zero-order valence-corrected chi connectivity index (χ0v) is 24.5. The first-order valence-electron chi connectivity index (χ1n) is 14.7. The SMILES string of the molecule is C1CCCC1.CC.CC1CCC[C@H](OC(=O)Cc2ccc(Cn3cc(C(F)(F)F)ccc3=O)cc2)C1.CCC. The van der Waals surface area contributed by atoms with Crippen molar-refractivity contribution in [3.8, 4) is 0 Å². The minimum atomic E-state index is -4.50. The van der Waals surface area contributed by atoms with Gasteiger partial charge in [0.1, 0.15) is 6.10 Å². The van der Waals surface area contributed by atoms with Crippen molar-refractivity contribution in [3.63, 3.8) is 0 Å². The van der Waals surface area contributed by atoms with Gasteiger partial charge in [-0.05, 0) is 42.4 Å². The van der Waals surface area contributed by atoms with Crippen LogP contribution >= 0.6 is 0 Å². The van der Waals surface area contributed by atoms with Gasteiger partial charge >= 0.3 is 12.1 Å². The molecule has 1 aromatic carbocycles. The number of nitrogens with zero attached hydrogens (tertiary/aromatic N) is 1. The summed E-state index contributed by atoms with van der Waals surface area (Å²) in [5, 5.41) is 0. The number of esters is 1. The molecule has 7 heteroatoms. The van der Waals surface area contributed by atoms with Gasteiger partial charge in [0.15, 0.2) is 0 Å². The van der Waals surface area contributed by atoms with Crippen molar-refractivity contribution in [2.45, 2.75) is 124 Å². The second kappa shape index (κ2) is 18.7. The third kappa shape index (κ3) is 13.9. The van der Waals surface area contributed by atoms with E-state index in [9.17, 15) is 22.8 Å². The molecule has 2 aromatic rings. The average Bonchev–Trinajstić information content (AvgIpc) is 3.48. The first-order valence-corrected chi connectivity index (χ1v) is 14.7. The molecule has 0 aliphatic heterocycles. The van der Waals surface area contributed by atoms with E-state index in [-0.39, 0.29) is 25.0 Å². The molecule has 2 saturated carbocycles. The van der Waals surface area contributed by atoms with Gasteiger partial charge in [0.05, 0.1) is 18.5 Å². The van der Waals surface area contributed by atoms with E-state index >= 15 is 0 Å². The third-order valence-corrected chi connectivity index (χ3v) is 6.47. The Balaban J connectivity index is 0.000000649. The predicted molar refractivity (Wildman–Crippen MR) is 153 cm³/mol. The molecular weight excluding hydrogens is 503 g/mol. The molecular formula is C32H48F3NO3. The number of rotatable bonds is 5. The van der Waals surface area contributed by atoms with Gasteiger partial charge in [0.2, 0.25) is 0 Å². The summed E-state index contributed by atoms with van der Waals surface area (Å²) in [7, 11) is 0. The summed E-state index contributed by atoms with van der Waals surface area (Å²) in [6, 6.07) is 8.58. The largest absolute Gasteiger partial charge is 0.462 e. The monoisotopic (exact) mass is 551 g/mol. The fraction of sp³-hybridized carbons (Fsp3) is 0.625. The molecule has 4 rings (SSSR count). The maximum Gasteiger partial charge on any atom is 0.417 e. The van der Waals surface area contributed by atoms with Crippen LogP contribution in [-0.4, -0.2) is 16.6 Å². The zero-order valence-electron chi connectivity index (χ0n) is 24.5. The smallest absolute Gasteiger partial charge is 0.417 e. The van der Waals surface area contributed by atoms with Gasteiger partial charge in [-0.2, -0.15) is 13.2 Å². The third-order valence-electron chi connectivity index (χ3n) is 6.47. The van der Waals surface area contributed by atoms with Crippen LogP contribution in [0.1, 0.15) is 116 Å². The Morgan fingerprint density at radius 3 is 1.95 bits per heavy atom. The molecule has 0 N–H and O–H groups in total. The maximum absolute atomic E-state index is 12.8. The number of aromatic nitrogens is 1. The topological polar surface area (TPSA) is 48.3 Å². The lowest BCUT2D eigenvalue weighted by Crippen LogP contribution is -2.25. The van der Waals surface area contributed by atoms with Crippen molar-refractivity contribution in [3.05, 3.63) is 69.6 Å². The molecule has 1 unspecified atom stereocenters. The van der Waals surface area contributed by atoms with E-state index in [2.05, 4.69) is 20.8 Å². The summed E-state index contributed by atoms with van der Waals surface area (Å²) in [6.45, 7) is 10.4. The minimum absolute atomic E-state index is 0.0155. The van der Waals surface area contributed by atoms with Crippen LogP contribution in [-0.2, 0) is 28.7 Å². The number of hydrogen-bond acceptors (Lipinski definition) is 3. The molecule has 0 saturated heterocycles. The molecule has 2 fully saturated rings. The molecule has 1 aromatic heterocycles. The van der Waals surface area contributed by atoms with Crippen molar-refractivity contribution in [2.24, 2.45) is 5.92 Å². The Kier molecular flexibility index (Phi) is 16.5. The summed E-state index contributed by atoms with van der Waals surface area (Å²) >= 11 is 0. The highest BCUT2D eigenvalue weighted by atomic mass is 19.4. The number of pyridine rings is 1. The van der Waals surface area contributed by atoms with Gasteiger partial charge in [-0.3, -0.25) is 9.59 Å². The van der Waals surface area contributed by atoms with Crippen molar-refractivity contribution in [2.75, 3.05) is 0 Å². The Hall–Kier alpha value is -2.57. The Bertz CT molecular complexity index is 987. The summed E-state index contributed by atoms with van der Waals surface area (Å²) in [5.41, 5.74) is 0.0597. The molecule has 0 spiro atoms. The van der Waals surface area contributed by atoms with E-state index in [0.717, 1.165) is 47.7 Å². The Morgan fingerprint density at radius 2 is 1.44 bits per heavy atom. The predicted octanol–water partition coefficient (Wildman–Crippen LogP) is 8.97. The molecule has 2 aliphatic carbocycles. The molecule has 0 amide bonds. The van der Waals surface area contributed by atoms with Gasteiger partial charge in [-0.15, -0.1) is 0 Å². The van der Waals surface area contributed by atoms with Gasteiger partial charge < -0.3 is 9.30 Å². The second-order valence-electron chi connectivity index (χ2n) is 10.2. The summed E-state index contributed by atoms with van der Waals surface area (Å²) in [5.74, 6) is 0.297. The van der Waals surface area contributed by atoms with Crippen molar-refractivity contribution < 1.29 is 22.7 Å². The van der Waals surface area contributed by atoms with E-state index in [1.165, 1.54) is 44.9 Å². The van der Waals surface area contributed by atoms with Crippen LogP contribution in [0.3, 0.4) is 0 Å². The molecule has 4 nitrogen and oxygen atoms in total. The van der Waals surface area contributed by atoms with Gasteiger partial charge in [-0.1, -0.05) is 104 Å². The number of halogens is 3. The van der Waals surface area contributed by atoms with E-state index in [4.69, 9.17) is 4.74 Å². The van der Waals surface area contributed by atoms with Crippen LogP contribution in [0.2, 0.25) is 0 Å². The highest BCUT2D eigenvalue weighted by Crippen LogP contribution is 2.28. The van der Waals surface area contributed by atoms with Gasteiger partial charge in [0.25, 0.3) is 5.56 Å². The van der Waals surface area contributed by atoms with Crippen molar-refractivity contribution in [1.29, 1.82) is 0 Å². The molecule has 0 bridgehead atoms. The quantitative estimate of drug-likeness (QED) is 0.349. The first-order chi connectivity index (χ1) is 18.6. The lowest BCUT2D eigenvalue weighted by Gasteiger charge is -2.26. The van der Waals surface area contributed by atoms with Crippen LogP contribution in [0.4, 0.5) is 13.2 Å². The number of carbonyl (C=O) groups is 1. The average molecular weight is 552 g/mol. The molecule has 1 heterocycles. The van der Waals surface area contributed by atoms with Gasteiger partial charge in [-0.25, -0.2) is 0 Å². The fourth-order valence-corrected chi connectivity index (χ4v) is 4.55. The van der Waals surface area contributed by atoms with Crippen molar-refractivity contribution >= 4 is 5.97 Å². The van der Waals surface area contributed by atoms with Crippen LogP contribution in [0.5, 0.6) is 0 Å². The molecule has 39 heavy (non-hydrogen) atoms. The number of ether oxygens (including phenoxy) is 1. The summed E-state index contributed by atoms with van der Waals surface area (Å²) in [4.78, 5) is 24.0. The standard InChI is InChI=1S/C22H24F3NO3.C5H10.C3H8.C2H6/c1-15-3-2-4-19(11-15)29-21(28)12-16-5-7-17(8-6-16)13-26-14-18(22(23,24)25)9-10-20(26)27;1-2-4-5-3-1;1-3-2;1-2/h5-10,14-15,19H,2-4,11-13H2,1H3;1-5H2;3H2,1-2H3;1-2H3/t15?,19-;;;/m0.../s1.